The third-order valence-corrected chi connectivity index (χ3v) is 5.89. The average molecular weight is 320 g/mol. The second kappa shape index (κ2) is 7.04. The Morgan fingerprint density at radius 1 is 1.26 bits per heavy atom. The Morgan fingerprint density at radius 3 is 2.70 bits per heavy atom. The smallest absolute Gasteiger partial charge is 0.323 e. The standard InChI is InChI=1S/C18H28N2O3/c21-16-6-7-18(14-20(16)13-17(22)23)8-10-19(11-9-18)12-15-4-2-1-3-5-15/h1-2,15H,3-14H2,(H,22,23). The fraction of sp³-hybridized carbons (Fsp3) is 0.778. The number of nitrogens with zero attached hydrogens (tertiary/aromatic N) is 2. The van der Waals surface area contributed by atoms with Crippen LogP contribution in [0.4, 0.5) is 0 Å². The molecular weight excluding hydrogens is 292 g/mol. The molecule has 0 bridgehead atoms. The van der Waals surface area contributed by atoms with Crippen LogP contribution in [0.1, 0.15) is 44.9 Å². The molecule has 5 heteroatoms. The highest BCUT2D eigenvalue weighted by molar-refractivity contribution is 5.82. The van der Waals surface area contributed by atoms with Crippen molar-refractivity contribution in [3.05, 3.63) is 12.2 Å². The monoisotopic (exact) mass is 320 g/mol. The quantitative estimate of drug-likeness (QED) is 0.806. The number of likely N-dealkylation sites (tertiary alicyclic amines) is 2. The Hall–Kier alpha value is -1.36. The van der Waals surface area contributed by atoms with E-state index in [9.17, 15) is 9.59 Å². The van der Waals surface area contributed by atoms with E-state index >= 15 is 0 Å². The lowest BCUT2D eigenvalue weighted by Gasteiger charge is -2.47. The van der Waals surface area contributed by atoms with E-state index < -0.39 is 5.97 Å². The second-order valence-electron chi connectivity index (χ2n) is 7.59. The van der Waals surface area contributed by atoms with Crippen molar-refractivity contribution in [3.63, 3.8) is 0 Å². The van der Waals surface area contributed by atoms with Crippen LogP contribution in [0.15, 0.2) is 12.2 Å². The first-order valence-corrected chi connectivity index (χ1v) is 8.93. The van der Waals surface area contributed by atoms with E-state index in [1.54, 1.807) is 4.90 Å². The van der Waals surface area contributed by atoms with E-state index in [4.69, 9.17) is 5.11 Å². The molecule has 2 fully saturated rings. The number of carboxylic acid groups (broad SMARTS) is 1. The molecule has 2 aliphatic heterocycles. The molecule has 0 aromatic carbocycles. The number of allylic oxidation sites excluding steroid dienone is 2. The summed E-state index contributed by atoms with van der Waals surface area (Å²) in [7, 11) is 0. The van der Waals surface area contributed by atoms with Gasteiger partial charge in [0.25, 0.3) is 0 Å². The summed E-state index contributed by atoms with van der Waals surface area (Å²) in [5, 5.41) is 8.99. The maximum atomic E-state index is 11.9. The van der Waals surface area contributed by atoms with Crippen LogP contribution in [0, 0.1) is 11.3 Å². The Morgan fingerprint density at radius 2 is 2.04 bits per heavy atom. The molecule has 3 aliphatic rings. The summed E-state index contributed by atoms with van der Waals surface area (Å²) in [6.07, 6.45) is 12.0. The van der Waals surface area contributed by atoms with Crippen LogP contribution in [0.5, 0.6) is 0 Å². The van der Waals surface area contributed by atoms with Crippen LogP contribution in [-0.4, -0.2) is 59.5 Å². The zero-order valence-electron chi connectivity index (χ0n) is 13.9. The molecule has 128 valence electrons. The summed E-state index contributed by atoms with van der Waals surface area (Å²) in [5.74, 6) is -0.0990. The van der Waals surface area contributed by atoms with Gasteiger partial charge < -0.3 is 14.9 Å². The van der Waals surface area contributed by atoms with Crippen molar-refractivity contribution in [3.8, 4) is 0 Å². The van der Waals surface area contributed by atoms with Gasteiger partial charge in [0.2, 0.25) is 5.91 Å². The highest BCUT2D eigenvalue weighted by Crippen LogP contribution is 2.40. The number of carbonyl (C=O) groups excluding carboxylic acids is 1. The van der Waals surface area contributed by atoms with Crippen molar-refractivity contribution in [2.45, 2.75) is 44.9 Å². The van der Waals surface area contributed by atoms with Gasteiger partial charge in [0, 0.05) is 19.5 Å². The van der Waals surface area contributed by atoms with Crippen molar-refractivity contribution in [1.82, 2.24) is 9.80 Å². The number of hydrogen-bond donors (Lipinski definition) is 1. The van der Waals surface area contributed by atoms with Gasteiger partial charge in [-0.25, -0.2) is 0 Å². The lowest BCUT2D eigenvalue weighted by atomic mass is 9.72. The summed E-state index contributed by atoms with van der Waals surface area (Å²) in [5.41, 5.74) is 0.159. The third kappa shape index (κ3) is 4.14. The number of hydrogen-bond acceptors (Lipinski definition) is 3. The Labute approximate surface area is 138 Å². The number of amides is 1. The summed E-state index contributed by atoms with van der Waals surface area (Å²) < 4.78 is 0. The van der Waals surface area contributed by atoms with E-state index in [1.807, 2.05) is 0 Å². The molecule has 1 unspecified atom stereocenters. The van der Waals surface area contributed by atoms with Crippen molar-refractivity contribution in [1.29, 1.82) is 0 Å². The molecule has 0 saturated carbocycles. The van der Waals surface area contributed by atoms with E-state index in [-0.39, 0.29) is 17.9 Å². The maximum Gasteiger partial charge on any atom is 0.323 e. The van der Waals surface area contributed by atoms with Crippen LogP contribution in [0.25, 0.3) is 0 Å². The molecule has 0 radical (unpaired) electrons. The molecule has 1 N–H and O–H groups in total. The Balaban J connectivity index is 1.51. The van der Waals surface area contributed by atoms with Gasteiger partial charge in [0.05, 0.1) is 0 Å². The van der Waals surface area contributed by atoms with Gasteiger partial charge in [0.15, 0.2) is 0 Å². The maximum absolute atomic E-state index is 11.9. The Kier molecular flexibility index (Phi) is 5.05. The van der Waals surface area contributed by atoms with Crippen LogP contribution in [0.2, 0.25) is 0 Å². The number of carbonyl (C=O) groups is 2. The van der Waals surface area contributed by atoms with Crippen molar-refractivity contribution in [2.75, 3.05) is 32.7 Å². The molecule has 23 heavy (non-hydrogen) atoms. The number of piperidine rings is 2. The highest BCUT2D eigenvalue weighted by Gasteiger charge is 2.41. The van der Waals surface area contributed by atoms with Gasteiger partial charge in [-0.3, -0.25) is 9.59 Å². The first-order valence-electron chi connectivity index (χ1n) is 8.93. The normalized spacial score (nSPS) is 28.3. The first kappa shape index (κ1) is 16.5. The van der Waals surface area contributed by atoms with Crippen molar-refractivity contribution >= 4 is 11.9 Å². The highest BCUT2D eigenvalue weighted by atomic mass is 16.4. The van der Waals surface area contributed by atoms with Gasteiger partial charge in [-0.2, -0.15) is 0 Å². The lowest BCUT2D eigenvalue weighted by molar-refractivity contribution is -0.149. The molecule has 5 nitrogen and oxygen atoms in total. The minimum absolute atomic E-state index is 0.00875. The first-order chi connectivity index (χ1) is 11.1. The SMILES string of the molecule is O=C(O)CN1CC2(CCC1=O)CCN(CC1CC=CCC1)CC2. The Bertz CT molecular complexity index is 481. The topological polar surface area (TPSA) is 60.9 Å². The molecule has 0 aromatic rings. The van der Waals surface area contributed by atoms with Gasteiger partial charge >= 0.3 is 5.97 Å². The van der Waals surface area contributed by atoms with Gasteiger partial charge in [-0.1, -0.05) is 12.2 Å². The van der Waals surface area contributed by atoms with Crippen LogP contribution < -0.4 is 0 Å². The summed E-state index contributed by atoms with van der Waals surface area (Å²) in [4.78, 5) is 27.0. The number of carboxylic acids is 1. The fourth-order valence-electron chi connectivity index (χ4n) is 4.42. The van der Waals surface area contributed by atoms with Crippen LogP contribution in [0.3, 0.4) is 0 Å². The predicted molar refractivity (Wildman–Crippen MR) is 88.0 cm³/mol. The summed E-state index contributed by atoms with van der Waals surface area (Å²) in [6.45, 7) is 3.87. The van der Waals surface area contributed by atoms with Crippen LogP contribution >= 0.6 is 0 Å². The number of rotatable bonds is 4. The second-order valence-corrected chi connectivity index (χ2v) is 7.59. The summed E-state index contributed by atoms with van der Waals surface area (Å²) >= 11 is 0. The average Bonchev–Trinajstić information content (AvgIpc) is 2.54. The summed E-state index contributed by atoms with van der Waals surface area (Å²) in [6, 6.07) is 0. The minimum atomic E-state index is -0.904. The van der Waals surface area contributed by atoms with E-state index in [0.29, 0.717) is 13.0 Å². The minimum Gasteiger partial charge on any atom is -0.480 e. The van der Waals surface area contributed by atoms with E-state index in [1.165, 1.54) is 25.8 Å². The molecule has 0 aromatic heterocycles. The number of aliphatic carboxylic acids is 1. The third-order valence-electron chi connectivity index (χ3n) is 5.89. The molecule has 2 heterocycles. The fourth-order valence-corrected chi connectivity index (χ4v) is 4.42. The van der Waals surface area contributed by atoms with Gasteiger partial charge in [-0.15, -0.1) is 0 Å². The van der Waals surface area contributed by atoms with E-state index in [2.05, 4.69) is 17.1 Å². The molecular formula is C18H28N2O3. The lowest BCUT2D eigenvalue weighted by Crippen LogP contribution is -2.53. The molecule has 3 rings (SSSR count). The van der Waals surface area contributed by atoms with Gasteiger partial charge in [-0.05, 0) is 62.9 Å². The van der Waals surface area contributed by atoms with E-state index in [0.717, 1.165) is 38.3 Å². The molecule has 2 saturated heterocycles. The van der Waals surface area contributed by atoms with Crippen molar-refractivity contribution < 1.29 is 14.7 Å². The molecule has 1 atom stereocenters. The zero-order chi connectivity index (χ0) is 16.3. The largest absolute Gasteiger partial charge is 0.480 e. The van der Waals surface area contributed by atoms with Gasteiger partial charge in [0.1, 0.15) is 6.54 Å². The zero-order valence-corrected chi connectivity index (χ0v) is 13.9. The van der Waals surface area contributed by atoms with Crippen molar-refractivity contribution in [2.24, 2.45) is 11.3 Å². The molecule has 1 amide bonds. The predicted octanol–water partition coefficient (Wildman–Crippen LogP) is 2.13. The van der Waals surface area contributed by atoms with Crippen LogP contribution in [-0.2, 0) is 9.59 Å². The molecule has 1 spiro atoms. The molecule has 1 aliphatic carbocycles.